The van der Waals surface area contributed by atoms with Crippen molar-refractivity contribution in [3.05, 3.63) is 58.7 Å². The van der Waals surface area contributed by atoms with Crippen LogP contribution in [0, 0.1) is 0 Å². The molecule has 1 fully saturated rings. The van der Waals surface area contributed by atoms with Gasteiger partial charge < -0.3 is 24.8 Å². The quantitative estimate of drug-likeness (QED) is 0.230. The number of epoxide rings is 1. The minimum absolute atomic E-state index is 0.115. The van der Waals surface area contributed by atoms with Crippen molar-refractivity contribution in [1.82, 2.24) is 0 Å². The molecule has 1 aliphatic carbocycles. The SMILES string of the molecule is CC(=O)OCC1=C[C@H](O)[C@@]2([C@@H](O)/C=C(C)/C=C/C=C(\C)CCC=C(C)C)O[C@H]2[C@@H]1O. The molecule has 1 heterocycles. The van der Waals surface area contributed by atoms with E-state index in [2.05, 4.69) is 26.8 Å². The van der Waals surface area contributed by atoms with Crippen molar-refractivity contribution < 1.29 is 29.6 Å². The van der Waals surface area contributed by atoms with Crippen LogP contribution >= 0.6 is 0 Å². The van der Waals surface area contributed by atoms with Crippen LogP contribution in [0.4, 0.5) is 0 Å². The first-order chi connectivity index (χ1) is 14.1. The minimum atomic E-state index is -1.27. The Labute approximate surface area is 178 Å². The van der Waals surface area contributed by atoms with Gasteiger partial charge in [-0.3, -0.25) is 4.79 Å². The van der Waals surface area contributed by atoms with Gasteiger partial charge in [-0.1, -0.05) is 47.1 Å². The van der Waals surface area contributed by atoms with Crippen LogP contribution in [0.2, 0.25) is 0 Å². The van der Waals surface area contributed by atoms with Crippen LogP contribution in [-0.2, 0) is 14.3 Å². The van der Waals surface area contributed by atoms with Crippen LogP contribution in [0.1, 0.15) is 47.5 Å². The van der Waals surface area contributed by atoms with E-state index in [4.69, 9.17) is 9.47 Å². The molecule has 5 atom stereocenters. The third kappa shape index (κ3) is 6.01. The molecule has 1 saturated heterocycles. The monoisotopic (exact) mass is 418 g/mol. The van der Waals surface area contributed by atoms with Crippen LogP contribution in [-0.4, -0.2) is 57.9 Å². The summed E-state index contributed by atoms with van der Waals surface area (Å²) in [5.41, 5.74) is 2.49. The van der Waals surface area contributed by atoms with Gasteiger partial charge in [0.1, 0.15) is 31.0 Å². The zero-order chi connectivity index (χ0) is 22.5. The van der Waals surface area contributed by atoms with Crippen molar-refractivity contribution >= 4 is 5.97 Å². The van der Waals surface area contributed by atoms with E-state index in [0.29, 0.717) is 5.57 Å². The zero-order valence-electron chi connectivity index (χ0n) is 18.5. The Balaban J connectivity index is 1.99. The Hall–Kier alpha value is -1.99. The van der Waals surface area contributed by atoms with Crippen molar-refractivity contribution in [2.24, 2.45) is 0 Å². The van der Waals surface area contributed by atoms with E-state index in [1.54, 1.807) is 6.08 Å². The predicted octanol–water partition coefficient (Wildman–Crippen LogP) is 2.91. The Morgan fingerprint density at radius 1 is 1.27 bits per heavy atom. The fraction of sp³-hybridized carbons (Fsp3) is 0.542. The van der Waals surface area contributed by atoms with Gasteiger partial charge in [-0.05, 0) is 52.2 Å². The summed E-state index contributed by atoms with van der Waals surface area (Å²) in [6, 6.07) is 0. The van der Waals surface area contributed by atoms with Gasteiger partial charge in [-0.15, -0.1) is 0 Å². The van der Waals surface area contributed by atoms with Crippen molar-refractivity contribution in [3.8, 4) is 0 Å². The standard InChI is InChI=1S/C24H34O6/c1-15(2)8-6-9-16(3)10-7-11-17(4)12-20(26)24-21(27)13-19(14-29-18(5)25)22(28)23(24)30-24/h7-8,10-13,20-23,26-28H,6,9,14H2,1-5H3/b11-7+,16-10+,17-12+/t20-,21-,22+,23-,24+/m0/s1. The van der Waals surface area contributed by atoms with E-state index in [1.807, 2.05) is 25.2 Å². The number of esters is 1. The van der Waals surface area contributed by atoms with Gasteiger partial charge >= 0.3 is 5.97 Å². The Bertz CT molecular complexity index is 784. The van der Waals surface area contributed by atoms with Crippen LogP contribution in [0.25, 0.3) is 0 Å². The first-order valence-corrected chi connectivity index (χ1v) is 10.3. The zero-order valence-corrected chi connectivity index (χ0v) is 18.5. The minimum Gasteiger partial charge on any atom is -0.461 e. The third-order valence-corrected chi connectivity index (χ3v) is 5.38. The Morgan fingerprint density at radius 3 is 2.60 bits per heavy atom. The van der Waals surface area contributed by atoms with Gasteiger partial charge in [0.25, 0.3) is 0 Å². The second-order valence-corrected chi connectivity index (χ2v) is 8.35. The summed E-state index contributed by atoms with van der Waals surface area (Å²) in [4.78, 5) is 11.0. The molecule has 0 bridgehead atoms. The molecule has 0 unspecified atom stereocenters. The lowest BCUT2D eigenvalue weighted by atomic mass is 9.81. The molecule has 0 aromatic rings. The van der Waals surface area contributed by atoms with Gasteiger partial charge in [0.05, 0.1) is 0 Å². The molecule has 0 spiro atoms. The number of hydrogen-bond donors (Lipinski definition) is 3. The fourth-order valence-electron chi connectivity index (χ4n) is 3.56. The molecular formula is C24H34O6. The predicted molar refractivity (Wildman–Crippen MR) is 116 cm³/mol. The number of carbonyl (C=O) groups excluding carboxylic acids is 1. The van der Waals surface area contributed by atoms with E-state index >= 15 is 0 Å². The highest BCUT2D eigenvalue weighted by atomic mass is 16.6. The average molecular weight is 419 g/mol. The van der Waals surface area contributed by atoms with Crippen LogP contribution in [0.15, 0.2) is 58.7 Å². The molecule has 0 saturated carbocycles. The van der Waals surface area contributed by atoms with Gasteiger partial charge in [0.2, 0.25) is 0 Å². The third-order valence-electron chi connectivity index (χ3n) is 5.38. The Kier molecular flexibility index (Phi) is 8.38. The summed E-state index contributed by atoms with van der Waals surface area (Å²) in [7, 11) is 0. The number of ether oxygens (including phenoxy) is 2. The molecule has 0 radical (unpaired) electrons. The lowest BCUT2D eigenvalue weighted by molar-refractivity contribution is -0.140. The summed E-state index contributed by atoms with van der Waals surface area (Å²) in [5.74, 6) is -0.474. The molecule has 3 N–H and O–H groups in total. The van der Waals surface area contributed by atoms with Gasteiger partial charge in [0.15, 0.2) is 5.60 Å². The first kappa shape index (κ1) is 24.3. The van der Waals surface area contributed by atoms with E-state index in [9.17, 15) is 20.1 Å². The molecule has 0 aromatic heterocycles. The lowest BCUT2D eigenvalue weighted by Gasteiger charge is -2.28. The molecule has 30 heavy (non-hydrogen) atoms. The average Bonchev–Trinajstić information content (AvgIpc) is 3.41. The van der Waals surface area contributed by atoms with Crippen molar-refractivity contribution in [3.63, 3.8) is 0 Å². The second-order valence-electron chi connectivity index (χ2n) is 8.35. The summed E-state index contributed by atoms with van der Waals surface area (Å²) in [6.45, 7) is 9.27. The van der Waals surface area contributed by atoms with Crippen molar-refractivity contribution in [1.29, 1.82) is 0 Å². The summed E-state index contributed by atoms with van der Waals surface area (Å²) in [5, 5.41) is 31.6. The maximum Gasteiger partial charge on any atom is 0.302 e. The fourth-order valence-corrected chi connectivity index (χ4v) is 3.56. The summed E-state index contributed by atoms with van der Waals surface area (Å²) >= 11 is 0. The normalized spacial score (nSPS) is 29.9. The number of aliphatic hydroxyl groups is 3. The number of aliphatic hydroxyl groups excluding tert-OH is 3. The number of rotatable bonds is 9. The smallest absolute Gasteiger partial charge is 0.302 e. The van der Waals surface area contributed by atoms with E-state index < -0.39 is 36.0 Å². The first-order valence-electron chi connectivity index (χ1n) is 10.3. The molecule has 166 valence electrons. The van der Waals surface area contributed by atoms with Gasteiger partial charge in [0, 0.05) is 6.92 Å². The van der Waals surface area contributed by atoms with Crippen LogP contribution < -0.4 is 0 Å². The topological polar surface area (TPSA) is 99.5 Å². The largest absolute Gasteiger partial charge is 0.461 e. The molecule has 6 heteroatoms. The van der Waals surface area contributed by atoms with Crippen LogP contribution in [0.5, 0.6) is 0 Å². The Morgan fingerprint density at radius 2 is 1.97 bits per heavy atom. The molecule has 0 aromatic carbocycles. The molecule has 2 rings (SSSR count). The summed E-state index contributed by atoms with van der Waals surface area (Å²) < 4.78 is 10.5. The number of hydrogen-bond acceptors (Lipinski definition) is 6. The number of fused-ring (bicyclic) bond motifs is 1. The molecular weight excluding hydrogens is 384 g/mol. The maximum absolute atomic E-state index is 11.0. The van der Waals surface area contributed by atoms with Gasteiger partial charge in [-0.2, -0.15) is 0 Å². The highest BCUT2D eigenvalue weighted by molar-refractivity contribution is 5.66. The molecule has 2 aliphatic rings. The number of allylic oxidation sites excluding steroid dienone is 7. The van der Waals surface area contributed by atoms with Crippen LogP contribution in [0.3, 0.4) is 0 Å². The summed E-state index contributed by atoms with van der Waals surface area (Å²) in [6.07, 6.45) is 9.10. The van der Waals surface area contributed by atoms with E-state index in [1.165, 1.54) is 24.1 Å². The van der Waals surface area contributed by atoms with Crippen molar-refractivity contribution in [2.75, 3.05) is 6.61 Å². The maximum atomic E-state index is 11.0. The highest BCUT2D eigenvalue weighted by Gasteiger charge is 2.69. The second kappa shape index (κ2) is 10.4. The molecule has 0 amide bonds. The number of carbonyl (C=O) groups is 1. The van der Waals surface area contributed by atoms with E-state index in [-0.39, 0.29) is 6.61 Å². The van der Waals surface area contributed by atoms with E-state index in [0.717, 1.165) is 18.4 Å². The lowest BCUT2D eigenvalue weighted by Crippen LogP contribution is -2.48. The van der Waals surface area contributed by atoms with Gasteiger partial charge in [-0.25, -0.2) is 0 Å². The highest BCUT2D eigenvalue weighted by Crippen LogP contribution is 2.50. The van der Waals surface area contributed by atoms with Crippen molar-refractivity contribution in [2.45, 2.75) is 77.5 Å². The molecule has 1 aliphatic heterocycles. The molecule has 6 nitrogen and oxygen atoms in total.